The number of fused-ring (bicyclic) bond motifs is 2. The molecule has 1 unspecified atom stereocenters. The van der Waals surface area contributed by atoms with Crippen molar-refractivity contribution in [3.63, 3.8) is 0 Å². The minimum absolute atomic E-state index is 0.105. The molecule has 2 aliphatic carbocycles. The Labute approximate surface area is 90.8 Å². The lowest BCUT2D eigenvalue weighted by molar-refractivity contribution is -0.141. The number of ketones is 1. The molecular formula is C12H19NO2. The zero-order valence-electron chi connectivity index (χ0n) is 9.53. The highest BCUT2D eigenvalue weighted by Crippen LogP contribution is 2.40. The Bertz CT molecular complexity index is 269. The van der Waals surface area contributed by atoms with E-state index in [-0.39, 0.29) is 23.7 Å². The first kappa shape index (κ1) is 10.7. The topological polar surface area (TPSA) is 37.4 Å². The summed E-state index contributed by atoms with van der Waals surface area (Å²) in [7, 11) is 3.60. The zero-order chi connectivity index (χ0) is 11.0. The van der Waals surface area contributed by atoms with Crippen LogP contribution >= 0.6 is 0 Å². The zero-order valence-corrected chi connectivity index (χ0v) is 9.53. The average Bonchev–Trinajstić information content (AvgIpc) is 2.16. The van der Waals surface area contributed by atoms with Gasteiger partial charge in [-0.05, 0) is 25.7 Å². The summed E-state index contributed by atoms with van der Waals surface area (Å²) in [4.78, 5) is 25.3. The molecule has 1 amide bonds. The van der Waals surface area contributed by atoms with E-state index in [1.54, 1.807) is 19.0 Å². The minimum atomic E-state index is 0.105. The lowest BCUT2D eigenvalue weighted by atomic mass is 9.67. The summed E-state index contributed by atoms with van der Waals surface area (Å²) in [6, 6.07) is 0. The Morgan fingerprint density at radius 1 is 1.20 bits per heavy atom. The predicted octanol–water partition coefficient (Wildman–Crippen LogP) is 1.47. The monoisotopic (exact) mass is 209 g/mol. The molecule has 0 aromatic heterocycles. The Morgan fingerprint density at radius 3 is 2.20 bits per heavy atom. The van der Waals surface area contributed by atoms with Crippen molar-refractivity contribution in [2.75, 3.05) is 14.1 Å². The summed E-state index contributed by atoms with van der Waals surface area (Å²) in [6.45, 7) is 0. The predicted molar refractivity (Wildman–Crippen MR) is 57.3 cm³/mol. The molecule has 2 aliphatic rings. The third-order valence-electron chi connectivity index (χ3n) is 3.84. The van der Waals surface area contributed by atoms with Crippen LogP contribution in [0.15, 0.2) is 0 Å². The van der Waals surface area contributed by atoms with E-state index in [0.29, 0.717) is 5.78 Å². The van der Waals surface area contributed by atoms with E-state index in [2.05, 4.69) is 0 Å². The Morgan fingerprint density at radius 2 is 1.73 bits per heavy atom. The molecule has 0 heterocycles. The smallest absolute Gasteiger partial charge is 0.225 e. The van der Waals surface area contributed by atoms with E-state index in [1.807, 2.05) is 0 Å². The lowest BCUT2D eigenvalue weighted by Gasteiger charge is -2.37. The summed E-state index contributed by atoms with van der Waals surface area (Å²) in [5.41, 5.74) is 0. The molecular weight excluding hydrogens is 190 g/mol. The third kappa shape index (κ3) is 1.92. The maximum atomic E-state index is 11.9. The highest BCUT2D eigenvalue weighted by Gasteiger charge is 2.41. The van der Waals surface area contributed by atoms with Gasteiger partial charge in [-0.25, -0.2) is 0 Å². The van der Waals surface area contributed by atoms with Gasteiger partial charge in [0.05, 0.1) is 0 Å². The highest BCUT2D eigenvalue weighted by atomic mass is 16.2. The van der Waals surface area contributed by atoms with Crippen molar-refractivity contribution in [2.24, 2.45) is 17.8 Å². The molecule has 2 bridgehead atoms. The van der Waals surface area contributed by atoms with Crippen molar-refractivity contribution in [1.29, 1.82) is 0 Å². The number of rotatable bonds is 1. The molecule has 0 saturated heterocycles. The van der Waals surface area contributed by atoms with Crippen molar-refractivity contribution in [3.8, 4) is 0 Å². The summed E-state index contributed by atoms with van der Waals surface area (Å²) >= 11 is 0. The normalized spacial score (nSPS) is 35.1. The average molecular weight is 209 g/mol. The van der Waals surface area contributed by atoms with Gasteiger partial charge in [-0.2, -0.15) is 0 Å². The molecule has 0 radical (unpaired) electrons. The summed E-state index contributed by atoms with van der Waals surface area (Å²) in [5, 5.41) is 0. The number of nitrogens with zero attached hydrogens (tertiary/aromatic N) is 1. The molecule has 3 atom stereocenters. The summed E-state index contributed by atoms with van der Waals surface area (Å²) in [5.74, 6) is 1.12. The maximum Gasteiger partial charge on any atom is 0.225 e. The van der Waals surface area contributed by atoms with Gasteiger partial charge in [-0.1, -0.05) is 6.42 Å². The SMILES string of the molecule is CN(C)C(=O)C1C[C@H]2CCC[C@@H](C1)C2=O. The molecule has 3 nitrogen and oxygen atoms in total. The Kier molecular flexibility index (Phi) is 2.81. The van der Waals surface area contributed by atoms with Gasteiger partial charge in [0.2, 0.25) is 5.91 Å². The van der Waals surface area contributed by atoms with E-state index >= 15 is 0 Å². The molecule has 2 rings (SSSR count). The van der Waals surface area contributed by atoms with Gasteiger partial charge in [0, 0.05) is 31.8 Å². The van der Waals surface area contributed by atoms with Crippen LogP contribution in [-0.4, -0.2) is 30.7 Å². The lowest BCUT2D eigenvalue weighted by Crippen LogP contribution is -2.42. The molecule has 3 heteroatoms. The van der Waals surface area contributed by atoms with Crippen molar-refractivity contribution in [1.82, 2.24) is 4.90 Å². The van der Waals surface area contributed by atoms with Crippen LogP contribution in [0.25, 0.3) is 0 Å². The first-order valence-electron chi connectivity index (χ1n) is 5.84. The van der Waals surface area contributed by atoms with Gasteiger partial charge in [0.15, 0.2) is 0 Å². The number of hydrogen-bond acceptors (Lipinski definition) is 2. The van der Waals surface area contributed by atoms with E-state index < -0.39 is 0 Å². The third-order valence-corrected chi connectivity index (χ3v) is 3.84. The largest absolute Gasteiger partial charge is 0.349 e. The molecule has 84 valence electrons. The van der Waals surface area contributed by atoms with Crippen LogP contribution in [0.3, 0.4) is 0 Å². The number of hydrogen-bond donors (Lipinski definition) is 0. The van der Waals surface area contributed by atoms with Crippen LogP contribution < -0.4 is 0 Å². The van der Waals surface area contributed by atoms with Crippen LogP contribution in [0.5, 0.6) is 0 Å². The van der Waals surface area contributed by atoms with Crippen molar-refractivity contribution >= 4 is 11.7 Å². The number of carbonyl (C=O) groups is 2. The van der Waals surface area contributed by atoms with Crippen LogP contribution in [0.4, 0.5) is 0 Å². The van der Waals surface area contributed by atoms with Crippen LogP contribution in [-0.2, 0) is 9.59 Å². The van der Waals surface area contributed by atoms with Gasteiger partial charge < -0.3 is 4.90 Å². The van der Waals surface area contributed by atoms with Crippen molar-refractivity contribution in [3.05, 3.63) is 0 Å². The van der Waals surface area contributed by atoms with Crippen LogP contribution in [0.1, 0.15) is 32.1 Å². The van der Waals surface area contributed by atoms with E-state index in [0.717, 1.165) is 25.7 Å². The molecule has 0 aromatic carbocycles. The van der Waals surface area contributed by atoms with Gasteiger partial charge in [0.25, 0.3) is 0 Å². The second kappa shape index (κ2) is 3.95. The second-order valence-corrected chi connectivity index (χ2v) is 5.13. The Hall–Kier alpha value is -0.860. The summed E-state index contributed by atoms with van der Waals surface area (Å²) < 4.78 is 0. The number of Topliss-reactive ketones (excluding diaryl/α,β-unsaturated/α-hetero) is 1. The van der Waals surface area contributed by atoms with Crippen LogP contribution in [0, 0.1) is 17.8 Å². The fourth-order valence-corrected chi connectivity index (χ4v) is 3.05. The van der Waals surface area contributed by atoms with Gasteiger partial charge >= 0.3 is 0 Å². The fourth-order valence-electron chi connectivity index (χ4n) is 3.05. The summed E-state index contributed by atoms with van der Waals surface area (Å²) in [6.07, 6.45) is 4.78. The van der Waals surface area contributed by atoms with Crippen molar-refractivity contribution in [2.45, 2.75) is 32.1 Å². The molecule has 15 heavy (non-hydrogen) atoms. The standard InChI is InChI=1S/C12H19NO2/c1-13(2)12(15)10-6-8-4-3-5-9(7-10)11(8)14/h8-10H,3-7H2,1-2H3/t8-,9+,10?. The Balaban J connectivity index is 2.07. The van der Waals surface area contributed by atoms with Gasteiger partial charge in [0.1, 0.15) is 5.78 Å². The molecule has 0 spiro atoms. The number of carbonyl (C=O) groups excluding carboxylic acids is 2. The second-order valence-electron chi connectivity index (χ2n) is 5.13. The van der Waals surface area contributed by atoms with E-state index in [4.69, 9.17) is 0 Å². The van der Waals surface area contributed by atoms with E-state index in [9.17, 15) is 9.59 Å². The van der Waals surface area contributed by atoms with Gasteiger partial charge in [-0.15, -0.1) is 0 Å². The minimum Gasteiger partial charge on any atom is -0.349 e. The first-order chi connectivity index (χ1) is 7.09. The molecule has 2 saturated carbocycles. The maximum absolute atomic E-state index is 11.9. The van der Waals surface area contributed by atoms with Crippen molar-refractivity contribution < 1.29 is 9.59 Å². The first-order valence-corrected chi connectivity index (χ1v) is 5.84. The van der Waals surface area contributed by atoms with Gasteiger partial charge in [-0.3, -0.25) is 9.59 Å². The molecule has 0 aromatic rings. The number of amides is 1. The fraction of sp³-hybridized carbons (Fsp3) is 0.833. The molecule has 0 aliphatic heterocycles. The molecule has 2 fully saturated rings. The van der Waals surface area contributed by atoms with E-state index in [1.165, 1.54) is 6.42 Å². The van der Waals surface area contributed by atoms with Crippen LogP contribution in [0.2, 0.25) is 0 Å². The quantitative estimate of drug-likeness (QED) is 0.656. The molecule has 0 N–H and O–H groups in total. The highest BCUT2D eigenvalue weighted by molar-refractivity contribution is 5.88.